The fraction of sp³-hybridized carbons (Fsp3) is 0.333. The molecule has 0 saturated heterocycles. The van der Waals surface area contributed by atoms with Crippen LogP contribution in [0.3, 0.4) is 0 Å². The number of pyridine rings is 1. The molecule has 4 rings (SSSR count). The van der Waals surface area contributed by atoms with Crippen molar-refractivity contribution in [2.45, 2.75) is 37.8 Å². The van der Waals surface area contributed by atoms with E-state index in [2.05, 4.69) is 57.2 Å². The molecule has 22 heavy (non-hydrogen) atoms. The predicted octanol–water partition coefficient (Wildman–Crippen LogP) is 3.33. The number of benzene rings is 1. The molecule has 1 aliphatic carbocycles. The van der Waals surface area contributed by atoms with Gasteiger partial charge in [-0.2, -0.15) is 0 Å². The molecule has 2 heterocycles. The molecule has 0 bridgehead atoms. The topological polar surface area (TPSA) is 42.2 Å². The summed E-state index contributed by atoms with van der Waals surface area (Å²) >= 11 is 0. The number of hydrogen-bond acceptors (Lipinski definition) is 3. The number of rotatable bonds is 4. The van der Waals surface area contributed by atoms with E-state index in [-0.39, 0.29) is 6.04 Å². The second kappa shape index (κ2) is 5.54. The normalized spacial score (nSPS) is 22.4. The van der Waals surface area contributed by atoms with Crippen molar-refractivity contribution in [3.63, 3.8) is 0 Å². The van der Waals surface area contributed by atoms with Gasteiger partial charge in [0.1, 0.15) is 0 Å². The molecule has 1 aliphatic rings. The molecule has 1 unspecified atom stereocenters. The fourth-order valence-corrected chi connectivity index (χ4v) is 3.33. The van der Waals surface area contributed by atoms with Crippen molar-refractivity contribution in [2.75, 3.05) is 0 Å². The van der Waals surface area contributed by atoms with Gasteiger partial charge in [-0.3, -0.25) is 4.40 Å². The first-order valence-electron chi connectivity index (χ1n) is 7.92. The Kier molecular flexibility index (Phi) is 3.39. The van der Waals surface area contributed by atoms with Gasteiger partial charge in [-0.15, -0.1) is 10.2 Å². The van der Waals surface area contributed by atoms with E-state index in [1.165, 1.54) is 18.4 Å². The molecule has 1 N–H and O–H groups in total. The summed E-state index contributed by atoms with van der Waals surface area (Å²) in [6.07, 6.45) is 4.42. The van der Waals surface area contributed by atoms with Crippen molar-refractivity contribution in [2.24, 2.45) is 0 Å². The molecule has 4 nitrogen and oxygen atoms in total. The lowest BCUT2D eigenvalue weighted by atomic mass is 9.75. The molecule has 112 valence electrons. The van der Waals surface area contributed by atoms with Gasteiger partial charge in [-0.25, -0.2) is 0 Å². The van der Waals surface area contributed by atoms with E-state index in [0.29, 0.717) is 12.0 Å². The molecule has 1 aromatic carbocycles. The van der Waals surface area contributed by atoms with E-state index >= 15 is 0 Å². The maximum Gasteiger partial charge on any atom is 0.160 e. The average Bonchev–Trinajstić information content (AvgIpc) is 2.95. The van der Waals surface area contributed by atoms with Crippen LogP contribution in [-0.2, 0) is 0 Å². The third-order valence-electron chi connectivity index (χ3n) is 4.62. The van der Waals surface area contributed by atoms with Crippen LogP contribution in [0, 0.1) is 0 Å². The number of aromatic nitrogens is 3. The summed E-state index contributed by atoms with van der Waals surface area (Å²) in [6, 6.07) is 17.6. The smallest absolute Gasteiger partial charge is 0.160 e. The zero-order valence-electron chi connectivity index (χ0n) is 12.7. The first-order chi connectivity index (χ1) is 10.8. The highest BCUT2D eigenvalue weighted by molar-refractivity contribution is 5.37. The number of hydrogen-bond donors (Lipinski definition) is 1. The standard InChI is InChI=1S/C18H20N4/c1-13(18-21-20-17-9-5-6-10-22(17)18)19-16-11-15(12-16)14-7-3-2-4-8-14/h2-10,13,15-16,19H,11-12H2,1H3. The summed E-state index contributed by atoms with van der Waals surface area (Å²) in [5.74, 6) is 1.68. The van der Waals surface area contributed by atoms with Crippen LogP contribution in [0.4, 0.5) is 0 Å². The molecule has 0 aliphatic heterocycles. The van der Waals surface area contributed by atoms with Crippen molar-refractivity contribution >= 4 is 5.65 Å². The molecule has 2 aromatic heterocycles. The summed E-state index contributed by atoms with van der Waals surface area (Å²) in [5, 5.41) is 12.2. The number of nitrogens with zero attached hydrogens (tertiary/aromatic N) is 3. The first-order valence-corrected chi connectivity index (χ1v) is 7.92. The van der Waals surface area contributed by atoms with E-state index in [0.717, 1.165) is 11.5 Å². The summed E-state index contributed by atoms with van der Waals surface area (Å²) in [7, 11) is 0. The van der Waals surface area contributed by atoms with E-state index in [4.69, 9.17) is 0 Å². The van der Waals surface area contributed by atoms with E-state index < -0.39 is 0 Å². The molecule has 1 saturated carbocycles. The van der Waals surface area contributed by atoms with Gasteiger partial charge in [0.05, 0.1) is 6.04 Å². The summed E-state index contributed by atoms with van der Waals surface area (Å²) in [4.78, 5) is 0. The fourth-order valence-electron chi connectivity index (χ4n) is 3.33. The molecule has 0 radical (unpaired) electrons. The zero-order valence-corrected chi connectivity index (χ0v) is 12.7. The third kappa shape index (κ3) is 2.40. The van der Waals surface area contributed by atoms with Crippen molar-refractivity contribution < 1.29 is 0 Å². The van der Waals surface area contributed by atoms with Gasteiger partial charge < -0.3 is 5.32 Å². The van der Waals surface area contributed by atoms with Crippen LogP contribution in [0.2, 0.25) is 0 Å². The molecule has 1 fully saturated rings. The van der Waals surface area contributed by atoms with E-state index in [9.17, 15) is 0 Å². The maximum absolute atomic E-state index is 4.33. The number of nitrogens with one attached hydrogen (secondary N) is 1. The minimum atomic E-state index is 0.208. The lowest BCUT2D eigenvalue weighted by Gasteiger charge is -2.37. The minimum absolute atomic E-state index is 0.208. The average molecular weight is 292 g/mol. The Morgan fingerprint density at radius 1 is 1.05 bits per heavy atom. The van der Waals surface area contributed by atoms with Gasteiger partial charge >= 0.3 is 0 Å². The van der Waals surface area contributed by atoms with Crippen LogP contribution < -0.4 is 5.32 Å². The van der Waals surface area contributed by atoms with Gasteiger partial charge in [-0.1, -0.05) is 36.4 Å². The number of fused-ring (bicyclic) bond motifs is 1. The van der Waals surface area contributed by atoms with E-state index in [1.807, 2.05) is 24.4 Å². The lowest BCUT2D eigenvalue weighted by molar-refractivity contribution is 0.267. The molecule has 0 spiro atoms. The summed E-state index contributed by atoms with van der Waals surface area (Å²) < 4.78 is 2.06. The summed E-state index contributed by atoms with van der Waals surface area (Å²) in [6.45, 7) is 2.17. The van der Waals surface area contributed by atoms with Crippen LogP contribution in [0.25, 0.3) is 5.65 Å². The quantitative estimate of drug-likeness (QED) is 0.802. The Morgan fingerprint density at radius 3 is 2.64 bits per heavy atom. The van der Waals surface area contributed by atoms with Gasteiger partial charge in [0.15, 0.2) is 11.5 Å². The minimum Gasteiger partial charge on any atom is -0.305 e. The SMILES string of the molecule is CC(NC1CC(c2ccccc2)C1)c1nnc2ccccn12. The van der Waals surface area contributed by atoms with Gasteiger partial charge in [0.25, 0.3) is 0 Å². The van der Waals surface area contributed by atoms with Crippen LogP contribution >= 0.6 is 0 Å². The second-order valence-corrected chi connectivity index (χ2v) is 6.15. The first kappa shape index (κ1) is 13.5. The Morgan fingerprint density at radius 2 is 1.82 bits per heavy atom. The summed E-state index contributed by atoms with van der Waals surface area (Å²) in [5.41, 5.74) is 2.36. The third-order valence-corrected chi connectivity index (χ3v) is 4.62. The van der Waals surface area contributed by atoms with Crippen molar-refractivity contribution in [3.05, 3.63) is 66.1 Å². The highest BCUT2D eigenvalue weighted by Gasteiger charge is 2.31. The van der Waals surface area contributed by atoms with Crippen molar-refractivity contribution in [3.8, 4) is 0 Å². The molecule has 0 amide bonds. The van der Waals surface area contributed by atoms with E-state index in [1.54, 1.807) is 0 Å². The highest BCUT2D eigenvalue weighted by atomic mass is 15.3. The van der Waals surface area contributed by atoms with Gasteiger partial charge in [0, 0.05) is 12.2 Å². The van der Waals surface area contributed by atoms with Crippen LogP contribution in [0.5, 0.6) is 0 Å². The zero-order chi connectivity index (χ0) is 14.9. The predicted molar refractivity (Wildman–Crippen MR) is 86.7 cm³/mol. The van der Waals surface area contributed by atoms with Crippen LogP contribution in [-0.4, -0.2) is 20.6 Å². The van der Waals surface area contributed by atoms with Crippen molar-refractivity contribution in [1.82, 2.24) is 19.9 Å². The molecule has 4 heteroatoms. The monoisotopic (exact) mass is 292 g/mol. The Bertz CT molecular complexity index is 759. The Labute approximate surface area is 130 Å². The Balaban J connectivity index is 1.41. The maximum atomic E-state index is 4.33. The lowest BCUT2D eigenvalue weighted by Crippen LogP contribution is -2.41. The Hall–Kier alpha value is -2.20. The van der Waals surface area contributed by atoms with Crippen molar-refractivity contribution in [1.29, 1.82) is 0 Å². The molecular weight excluding hydrogens is 272 g/mol. The largest absolute Gasteiger partial charge is 0.305 e. The molecular formula is C18H20N4. The van der Waals surface area contributed by atoms with Crippen LogP contribution in [0.1, 0.15) is 43.1 Å². The van der Waals surface area contributed by atoms with Gasteiger partial charge in [-0.05, 0) is 43.4 Å². The van der Waals surface area contributed by atoms with Gasteiger partial charge in [0.2, 0.25) is 0 Å². The molecule has 3 aromatic rings. The molecule has 1 atom stereocenters. The second-order valence-electron chi connectivity index (χ2n) is 6.15. The highest BCUT2D eigenvalue weighted by Crippen LogP contribution is 2.37. The van der Waals surface area contributed by atoms with Crippen LogP contribution in [0.15, 0.2) is 54.7 Å².